The summed E-state index contributed by atoms with van der Waals surface area (Å²) in [6.45, 7) is 2.76. The number of aryl methyl sites for hydroxylation is 1. The predicted octanol–water partition coefficient (Wildman–Crippen LogP) is -0.615. The van der Waals surface area contributed by atoms with E-state index in [-0.39, 0.29) is 0 Å². The van der Waals surface area contributed by atoms with Gasteiger partial charge in [0.05, 0.1) is 0 Å². The smallest absolute Gasteiger partial charge is 0.245 e. The normalized spacial score (nSPS) is 22.7. The minimum absolute atomic E-state index is 0.584. The standard InChI is InChI=1S/C8H16N6/c1-13-8(10-11-12-13)14-4-2-3-7(5-9)6-14/h7H,2-6,9H2,1H3. The molecule has 0 amide bonds. The van der Waals surface area contributed by atoms with Crippen molar-refractivity contribution < 1.29 is 0 Å². The van der Waals surface area contributed by atoms with Gasteiger partial charge in [-0.15, -0.1) is 0 Å². The first kappa shape index (κ1) is 9.39. The second-order valence-electron chi connectivity index (χ2n) is 3.79. The Morgan fingerprint density at radius 3 is 3.07 bits per heavy atom. The summed E-state index contributed by atoms with van der Waals surface area (Å²) in [6.07, 6.45) is 2.40. The van der Waals surface area contributed by atoms with Gasteiger partial charge in [0.2, 0.25) is 5.95 Å². The van der Waals surface area contributed by atoms with Gasteiger partial charge in [-0.05, 0) is 35.7 Å². The van der Waals surface area contributed by atoms with Crippen molar-refractivity contribution in [1.82, 2.24) is 20.2 Å². The molecule has 78 valence electrons. The number of aromatic nitrogens is 4. The van der Waals surface area contributed by atoms with Crippen molar-refractivity contribution in [2.45, 2.75) is 12.8 Å². The average Bonchev–Trinajstić information content (AvgIpc) is 2.65. The molecular weight excluding hydrogens is 180 g/mol. The molecule has 14 heavy (non-hydrogen) atoms. The molecule has 1 atom stereocenters. The van der Waals surface area contributed by atoms with Crippen LogP contribution in [-0.4, -0.2) is 39.8 Å². The molecule has 0 aromatic carbocycles. The zero-order valence-electron chi connectivity index (χ0n) is 8.43. The molecule has 0 aliphatic carbocycles. The first-order valence-electron chi connectivity index (χ1n) is 4.98. The highest BCUT2D eigenvalue weighted by Gasteiger charge is 2.21. The van der Waals surface area contributed by atoms with Crippen molar-refractivity contribution in [2.24, 2.45) is 18.7 Å². The molecular formula is C8H16N6. The molecule has 0 saturated carbocycles. The van der Waals surface area contributed by atoms with Crippen LogP contribution in [0.15, 0.2) is 0 Å². The van der Waals surface area contributed by atoms with Crippen LogP contribution in [0.4, 0.5) is 5.95 Å². The molecule has 1 aliphatic heterocycles. The molecule has 1 aromatic heterocycles. The van der Waals surface area contributed by atoms with Crippen LogP contribution in [0, 0.1) is 5.92 Å². The third-order valence-corrected chi connectivity index (χ3v) is 2.73. The Kier molecular flexibility index (Phi) is 2.62. The summed E-state index contributed by atoms with van der Waals surface area (Å²) in [7, 11) is 1.86. The Morgan fingerprint density at radius 1 is 1.57 bits per heavy atom. The summed E-state index contributed by atoms with van der Waals surface area (Å²) in [5.74, 6) is 1.43. The fourth-order valence-electron chi connectivity index (χ4n) is 1.93. The maximum absolute atomic E-state index is 5.67. The lowest BCUT2D eigenvalue weighted by Gasteiger charge is -2.31. The van der Waals surface area contributed by atoms with Gasteiger partial charge >= 0.3 is 0 Å². The van der Waals surface area contributed by atoms with Gasteiger partial charge in [0.1, 0.15) is 0 Å². The number of hydrogen-bond acceptors (Lipinski definition) is 5. The summed E-state index contributed by atoms with van der Waals surface area (Å²) < 4.78 is 1.71. The van der Waals surface area contributed by atoms with E-state index in [1.165, 1.54) is 12.8 Å². The Balaban J connectivity index is 2.08. The Bertz CT molecular complexity index is 296. The van der Waals surface area contributed by atoms with Crippen LogP contribution in [0.5, 0.6) is 0 Å². The molecule has 0 bridgehead atoms. The number of nitrogens with two attached hydrogens (primary N) is 1. The molecule has 2 N–H and O–H groups in total. The number of rotatable bonds is 2. The van der Waals surface area contributed by atoms with Gasteiger partial charge in [-0.2, -0.15) is 0 Å². The summed E-state index contributed by atoms with van der Waals surface area (Å²) in [4.78, 5) is 2.21. The molecule has 6 heteroatoms. The fourth-order valence-corrected chi connectivity index (χ4v) is 1.93. The molecule has 6 nitrogen and oxygen atoms in total. The molecule has 1 aromatic rings. The SMILES string of the molecule is Cn1nnnc1N1CCCC(CN)C1. The third-order valence-electron chi connectivity index (χ3n) is 2.73. The van der Waals surface area contributed by atoms with E-state index in [0.29, 0.717) is 5.92 Å². The largest absolute Gasteiger partial charge is 0.339 e. The fraction of sp³-hybridized carbons (Fsp3) is 0.875. The Hall–Kier alpha value is -1.17. The van der Waals surface area contributed by atoms with E-state index in [9.17, 15) is 0 Å². The third kappa shape index (κ3) is 1.70. The van der Waals surface area contributed by atoms with Gasteiger partial charge in [-0.25, -0.2) is 4.68 Å². The summed E-state index contributed by atoms with van der Waals surface area (Å²) in [6, 6.07) is 0. The van der Waals surface area contributed by atoms with Crippen molar-refractivity contribution in [3.8, 4) is 0 Å². The summed E-state index contributed by atoms with van der Waals surface area (Å²) >= 11 is 0. The molecule has 2 heterocycles. The van der Waals surface area contributed by atoms with Crippen molar-refractivity contribution in [3.05, 3.63) is 0 Å². The van der Waals surface area contributed by atoms with Crippen LogP contribution in [0.1, 0.15) is 12.8 Å². The number of hydrogen-bond donors (Lipinski definition) is 1. The van der Waals surface area contributed by atoms with Crippen molar-refractivity contribution >= 4 is 5.95 Å². The molecule has 0 radical (unpaired) electrons. The van der Waals surface area contributed by atoms with E-state index < -0.39 is 0 Å². The monoisotopic (exact) mass is 196 g/mol. The van der Waals surface area contributed by atoms with Crippen molar-refractivity contribution in [3.63, 3.8) is 0 Å². The summed E-state index contributed by atoms with van der Waals surface area (Å²) in [5.41, 5.74) is 5.67. The zero-order valence-corrected chi connectivity index (χ0v) is 8.43. The van der Waals surface area contributed by atoms with Crippen molar-refractivity contribution in [2.75, 3.05) is 24.5 Å². The van der Waals surface area contributed by atoms with Gasteiger partial charge in [0, 0.05) is 20.1 Å². The highest BCUT2D eigenvalue weighted by molar-refractivity contribution is 5.28. The predicted molar refractivity (Wildman–Crippen MR) is 52.8 cm³/mol. The van der Waals surface area contributed by atoms with Crippen LogP contribution in [0.2, 0.25) is 0 Å². The molecule has 1 fully saturated rings. The quantitative estimate of drug-likeness (QED) is 0.683. The molecule has 1 saturated heterocycles. The zero-order chi connectivity index (χ0) is 9.97. The van der Waals surface area contributed by atoms with Crippen LogP contribution in [0.25, 0.3) is 0 Å². The van der Waals surface area contributed by atoms with Gasteiger partial charge in [-0.1, -0.05) is 5.10 Å². The van der Waals surface area contributed by atoms with Crippen molar-refractivity contribution in [1.29, 1.82) is 0 Å². The summed E-state index contributed by atoms with van der Waals surface area (Å²) in [5, 5.41) is 11.5. The molecule has 1 unspecified atom stereocenters. The number of nitrogens with zero attached hydrogens (tertiary/aromatic N) is 5. The van der Waals surface area contributed by atoms with Gasteiger partial charge in [0.15, 0.2) is 0 Å². The minimum atomic E-state index is 0.584. The Labute approximate surface area is 83.1 Å². The Morgan fingerprint density at radius 2 is 2.43 bits per heavy atom. The molecule has 1 aliphatic rings. The average molecular weight is 196 g/mol. The maximum Gasteiger partial charge on any atom is 0.245 e. The van der Waals surface area contributed by atoms with E-state index >= 15 is 0 Å². The van der Waals surface area contributed by atoms with Crippen LogP contribution in [0.3, 0.4) is 0 Å². The van der Waals surface area contributed by atoms with E-state index in [0.717, 1.165) is 25.6 Å². The molecule has 0 spiro atoms. The first-order chi connectivity index (χ1) is 6.81. The minimum Gasteiger partial charge on any atom is -0.339 e. The van der Waals surface area contributed by atoms with E-state index in [1.807, 2.05) is 7.05 Å². The second-order valence-corrected chi connectivity index (χ2v) is 3.79. The van der Waals surface area contributed by atoms with Gasteiger partial charge in [0.25, 0.3) is 0 Å². The topological polar surface area (TPSA) is 72.9 Å². The van der Waals surface area contributed by atoms with Gasteiger partial charge in [-0.3, -0.25) is 0 Å². The van der Waals surface area contributed by atoms with Crippen LogP contribution in [-0.2, 0) is 7.05 Å². The van der Waals surface area contributed by atoms with E-state index in [4.69, 9.17) is 5.73 Å². The number of anilines is 1. The van der Waals surface area contributed by atoms with Crippen LogP contribution >= 0.6 is 0 Å². The highest BCUT2D eigenvalue weighted by atomic mass is 15.6. The van der Waals surface area contributed by atoms with E-state index in [1.54, 1.807) is 4.68 Å². The van der Waals surface area contributed by atoms with Gasteiger partial charge < -0.3 is 10.6 Å². The molecule has 2 rings (SSSR count). The van der Waals surface area contributed by atoms with E-state index in [2.05, 4.69) is 20.4 Å². The lowest BCUT2D eigenvalue weighted by molar-refractivity contribution is 0.416. The van der Waals surface area contributed by atoms with Crippen LogP contribution < -0.4 is 10.6 Å². The maximum atomic E-state index is 5.67. The second kappa shape index (κ2) is 3.91. The lowest BCUT2D eigenvalue weighted by Crippen LogP contribution is -2.39. The number of piperidine rings is 1. The lowest BCUT2D eigenvalue weighted by atomic mass is 9.99. The first-order valence-corrected chi connectivity index (χ1v) is 4.98. The number of tetrazole rings is 1. The highest BCUT2D eigenvalue weighted by Crippen LogP contribution is 2.19.